The molecule has 6 heteroatoms. The number of carbonyl (C=O) groups excluding carboxylic acids is 1. The van der Waals surface area contributed by atoms with E-state index in [0.29, 0.717) is 5.56 Å². The lowest BCUT2D eigenvalue weighted by molar-refractivity contribution is -0.142. The SMILES string of the molecule is CCOC(=O)Cc1c(C(F)F)ccc(C#N)c1CBr. The van der Waals surface area contributed by atoms with Gasteiger partial charge in [0.25, 0.3) is 6.43 Å². The molecule has 0 heterocycles. The van der Waals surface area contributed by atoms with Crippen LogP contribution in [-0.2, 0) is 21.3 Å². The van der Waals surface area contributed by atoms with Crippen molar-refractivity contribution in [3.05, 3.63) is 34.4 Å². The lowest BCUT2D eigenvalue weighted by Crippen LogP contribution is -2.12. The molecule has 0 N–H and O–H groups in total. The predicted molar refractivity (Wildman–Crippen MR) is 69.1 cm³/mol. The second-order valence-electron chi connectivity index (χ2n) is 3.69. The molecule has 0 unspecified atom stereocenters. The van der Waals surface area contributed by atoms with Gasteiger partial charge in [-0.3, -0.25) is 4.79 Å². The third kappa shape index (κ3) is 3.74. The number of halogens is 3. The molecule has 0 aliphatic carbocycles. The van der Waals surface area contributed by atoms with Crippen LogP contribution in [0.15, 0.2) is 12.1 Å². The minimum Gasteiger partial charge on any atom is -0.466 e. The molecule has 0 saturated carbocycles. The zero-order chi connectivity index (χ0) is 14.4. The van der Waals surface area contributed by atoms with E-state index in [1.165, 1.54) is 12.1 Å². The molecule has 19 heavy (non-hydrogen) atoms. The highest BCUT2D eigenvalue weighted by Crippen LogP contribution is 2.29. The van der Waals surface area contributed by atoms with Crippen molar-refractivity contribution in [3.8, 4) is 6.07 Å². The Balaban J connectivity index is 3.30. The molecule has 1 rings (SSSR count). The molecule has 0 aliphatic heterocycles. The minimum absolute atomic E-state index is 0.171. The molecule has 102 valence electrons. The van der Waals surface area contributed by atoms with E-state index in [4.69, 9.17) is 10.00 Å². The summed E-state index contributed by atoms with van der Waals surface area (Å²) in [5, 5.41) is 9.19. The molecule has 3 nitrogen and oxygen atoms in total. The lowest BCUT2D eigenvalue weighted by Gasteiger charge is -2.14. The van der Waals surface area contributed by atoms with Gasteiger partial charge >= 0.3 is 5.97 Å². The van der Waals surface area contributed by atoms with Crippen LogP contribution in [0, 0.1) is 11.3 Å². The number of carbonyl (C=O) groups is 1. The van der Waals surface area contributed by atoms with Crippen LogP contribution in [0.1, 0.15) is 35.6 Å². The van der Waals surface area contributed by atoms with Gasteiger partial charge in [-0.05, 0) is 24.1 Å². The molecule has 0 atom stereocenters. The van der Waals surface area contributed by atoms with Crippen molar-refractivity contribution in [1.29, 1.82) is 5.26 Å². The first kappa shape index (κ1) is 15.6. The Morgan fingerprint density at radius 1 is 1.47 bits per heavy atom. The number of benzene rings is 1. The minimum atomic E-state index is -2.70. The smallest absolute Gasteiger partial charge is 0.310 e. The van der Waals surface area contributed by atoms with Crippen molar-refractivity contribution < 1.29 is 18.3 Å². The first-order valence-electron chi connectivity index (χ1n) is 5.59. The molecule has 0 saturated heterocycles. The van der Waals surface area contributed by atoms with Gasteiger partial charge in [-0.25, -0.2) is 8.78 Å². The maximum Gasteiger partial charge on any atom is 0.310 e. The highest BCUT2D eigenvalue weighted by Gasteiger charge is 2.21. The molecule has 1 aromatic rings. The van der Waals surface area contributed by atoms with Crippen molar-refractivity contribution in [2.75, 3.05) is 6.61 Å². The van der Waals surface area contributed by atoms with E-state index in [1.807, 2.05) is 6.07 Å². The Morgan fingerprint density at radius 2 is 2.16 bits per heavy atom. The number of esters is 1. The van der Waals surface area contributed by atoms with Gasteiger partial charge in [0.1, 0.15) is 0 Å². The van der Waals surface area contributed by atoms with Crippen molar-refractivity contribution in [2.24, 2.45) is 0 Å². The standard InChI is InChI=1S/C13H12BrF2NO2/c1-2-19-12(18)5-10-9(13(15)16)4-3-8(7-17)11(10)6-14/h3-4,13H,2,5-6H2,1H3. The molecular formula is C13H12BrF2NO2. The Morgan fingerprint density at radius 3 is 2.63 bits per heavy atom. The number of hydrogen-bond acceptors (Lipinski definition) is 3. The Labute approximate surface area is 118 Å². The first-order valence-corrected chi connectivity index (χ1v) is 6.71. The maximum atomic E-state index is 13.0. The molecular weight excluding hydrogens is 320 g/mol. The molecule has 0 spiro atoms. The molecule has 0 fully saturated rings. The molecule has 1 aromatic carbocycles. The summed E-state index contributed by atoms with van der Waals surface area (Å²) in [7, 11) is 0. The quantitative estimate of drug-likeness (QED) is 0.613. The molecule has 0 aromatic heterocycles. The van der Waals surface area contributed by atoms with Crippen LogP contribution in [0.4, 0.5) is 8.78 Å². The highest BCUT2D eigenvalue weighted by molar-refractivity contribution is 9.08. The number of nitriles is 1. The van der Waals surface area contributed by atoms with Gasteiger partial charge in [0.15, 0.2) is 0 Å². The molecule has 0 bridgehead atoms. The fraction of sp³-hybridized carbons (Fsp3) is 0.385. The van der Waals surface area contributed by atoms with E-state index in [9.17, 15) is 13.6 Å². The van der Waals surface area contributed by atoms with E-state index in [0.717, 1.165) is 0 Å². The molecule has 0 amide bonds. The van der Waals surface area contributed by atoms with Crippen LogP contribution in [0.3, 0.4) is 0 Å². The Hall–Kier alpha value is -1.48. The van der Waals surface area contributed by atoms with Gasteiger partial charge in [-0.2, -0.15) is 5.26 Å². The number of ether oxygens (including phenoxy) is 1. The van der Waals surface area contributed by atoms with E-state index < -0.39 is 12.4 Å². The summed E-state index contributed by atoms with van der Waals surface area (Å²) >= 11 is 3.16. The van der Waals surface area contributed by atoms with Crippen LogP contribution < -0.4 is 0 Å². The summed E-state index contributed by atoms with van der Waals surface area (Å²) in [4.78, 5) is 11.5. The van der Waals surface area contributed by atoms with Crippen molar-refractivity contribution in [1.82, 2.24) is 0 Å². The second kappa shape index (κ2) is 7.19. The zero-order valence-electron chi connectivity index (χ0n) is 10.3. The average Bonchev–Trinajstić information content (AvgIpc) is 2.37. The fourth-order valence-electron chi connectivity index (χ4n) is 1.74. The number of alkyl halides is 3. The maximum absolute atomic E-state index is 13.0. The van der Waals surface area contributed by atoms with Gasteiger partial charge in [0, 0.05) is 10.9 Å². The number of hydrogen-bond donors (Lipinski definition) is 0. The summed E-state index contributed by atoms with van der Waals surface area (Å²) in [5.74, 6) is -0.582. The third-order valence-electron chi connectivity index (χ3n) is 2.58. The third-order valence-corrected chi connectivity index (χ3v) is 3.14. The second-order valence-corrected chi connectivity index (χ2v) is 4.25. The average molecular weight is 332 g/mol. The largest absolute Gasteiger partial charge is 0.466 e. The van der Waals surface area contributed by atoms with Gasteiger partial charge in [0.05, 0.1) is 24.7 Å². The summed E-state index contributed by atoms with van der Waals surface area (Å²) in [6, 6.07) is 4.46. The van der Waals surface area contributed by atoms with Crippen LogP contribution in [0.25, 0.3) is 0 Å². The van der Waals surface area contributed by atoms with Crippen molar-refractivity contribution >= 4 is 21.9 Å². The topological polar surface area (TPSA) is 50.1 Å². The summed E-state index contributed by atoms with van der Waals surface area (Å²) in [5.41, 5.74) is 0.625. The monoisotopic (exact) mass is 331 g/mol. The Bertz CT molecular complexity index is 512. The summed E-state index contributed by atoms with van der Waals surface area (Å²) in [6.45, 7) is 1.83. The van der Waals surface area contributed by atoms with E-state index in [2.05, 4.69) is 15.9 Å². The van der Waals surface area contributed by atoms with E-state index in [1.54, 1.807) is 6.92 Å². The first-order chi connectivity index (χ1) is 9.04. The van der Waals surface area contributed by atoms with Gasteiger partial charge in [-0.15, -0.1) is 0 Å². The molecule has 0 radical (unpaired) electrons. The van der Waals surface area contributed by atoms with Gasteiger partial charge in [-0.1, -0.05) is 22.0 Å². The van der Waals surface area contributed by atoms with Crippen LogP contribution in [0.5, 0.6) is 0 Å². The number of rotatable bonds is 5. The fourth-order valence-corrected chi connectivity index (χ4v) is 2.38. The lowest BCUT2D eigenvalue weighted by atomic mass is 9.95. The van der Waals surface area contributed by atoms with E-state index >= 15 is 0 Å². The molecule has 0 aliphatic rings. The normalized spacial score (nSPS) is 10.3. The van der Waals surface area contributed by atoms with Crippen LogP contribution in [-0.4, -0.2) is 12.6 Å². The summed E-state index contributed by atoms with van der Waals surface area (Å²) < 4.78 is 30.7. The van der Waals surface area contributed by atoms with Gasteiger partial charge in [0.2, 0.25) is 0 Å². The van der Waals surface area contributed by atoms with Crippen molar-refractivity contribution in [2.45, 2.75) is 25.1 Å². The highest BCUT2D eigenvalue weighted by atomic mass is 79.9. The van der Waals surface area contributed by atoms with Crippen LogP contribution >= 0.6 is 15.9 Å². The van der Waals surface area contributed by atoms with E-state index in [-0.39, 0.29) is 35.0 Å². The summed E-state index contributed by atoms with van der Waals surface area (Å²) in [6.07, 6.45) is -2.96. The zero-order valence-corrected chi connectivity index (χ0v) is 11.8. The predicted octanol–water partition coefficient (Wildman–Crippen LogP) is 3.50. The Kier molecular flexibility index (Phi) is 5.90. The van der Waals surface area contributed by atoms with Crippen LogP contribution in [0.2, 0.25) is 0 Å². The van der Waals surface area contributed by atoms with Gasteiger partial charge < -0.3 is 4.74 Å². The van der Waals surface area contributed by atoms with Crippen molar-refractivity contribution in [3.63, 3.8) is 0 Å². The number of nitrogens with zero attached hydrogens (tertiary/aromatic N) is 1.